The molecule has 4 rings (SSSR count). The van der Waals surface area contributed by atoms with E-state index >= 15 is 0 Å². The molecule has 1 aromatic carbocycles. The zero-order valence-corrected chi connectivity index (χ0v) is 14.0. The Balaban J connectivity index is 1.53. The van der Waals surface area contributed by atoms with E-state index < -0.39 is 9.85 Å². The number of hydrogen-bond donors (Lipinski definition) is 0. The van der Waals surface area contributed by atoms with E-state index in [0.29, 0.717) is 37.5 Å². The van der Waals surface area contributed by atoms with Gasteiger partial charge in [-0.25, -0.2) is 0 Å². The van der Waals surface area contributed by atoms with Crippen molar-refractivity contribution in [1.29, 1.82) is 0 Å². The SMILES string of the molecule is O=[N+]([O-])c1ccc(N2CCN(c3ccc4nncn4n3)CC2)c([N+](=O)[O-])c1. The lowest BCUT2D eigenvalue weighted by atomic mass is 10.2. The van der Waals surface area contributed by atoms with Crippen molar-refractivity contribution in [2.75, 3.05) is 36.0 Å². The van der Waals surface area contributed by atoms with Crippen LogP contribution >= 0.6 is 0 Å². The third-order valence-electron chi connectivity index (χ3n) is 4.46. The minimum atomic E-state index is -0.637. The van der Waals surface area contributed by atoms with E-state index in [1.807, 2.05) is 17.0 Å². The third kappa shape index (κ3) is 3.07. The summed E-state index contributed by atoms with van der Waals surface area (Å²) in [5.41, 5.74) is 0.476. The summed E-state index contributed by atoms with van der Waals surface area (Å²) < 4.78 is 1.59. The Labute approximate surface area is 151 Å². The van der Waals surface area contributed by atoms with Crippen molar-refractivity contribution in [2.45, 2.75) is 0 Å². The lowest BCUT2D eigenvalue weighted by Gasteiger charge is -2.36. The van der Waals surface area contributed by atoms with E-state index in [1.54, 1.807) is 4.52 Å². The molecule has 0 spiro atoms. The van der Waals surface area contributed by atoms with E-state index in [1.165, 1.54) is 18.5 Å². The third-order valence-corrected chi connectivity index (χ3v) is 4.46. The fourth-order valence-corrected chi connectivity index (χ4v) is 3.10. The van der Waals surface area contributed by atoms with E-state index in [2.05, 4.69) is 20.2 Å². The molecule has 3 aromatic rings. The fourth-order valence-electron chi connectivity index (χ4n) is 3.10. The van der Waals surface area contributed by atoms with Crippen molar-refractivity contribution in [3.63, 3.8) is 0 Å². The Bertz CT molecular complexity index is 1030. The van der Waals surface area contributed by atoms with Crippen LogP contribution in [0, 0.1) is 20.2 Å². The first kappa shape index (κ1) is 16.6. The van der Waals surface area contributed by atoms with E-state index in [4.69, 9.17) is 0 Å². The summed E-state index contributed by atoms with van der Waals surface area (Å²) in [4.78, 5) is 24.9. The number of aromatic nitrogens is 4. The van der Waals surface area contributed by atoms with Crippen molar-refractivity contribution in [3.8, 4) is 0 Å². The lowest BCUT2D eigenvalue weighted by Crippen LogP contribution is -2.47. The second-order valence-corrected chi connectivity index (χ2v) is 5.99. The molecular weight excluding hydrogens is 356 g/mol. The van der Waals surface area contributed by atoms with Crippen LogP contribution in [-0.2, 0) is 0 Å². The summed E-state index contributed by atoms with van der Waals surface area (Å²) in [6.45, 7) is 2.27. The van der Waals surface area contributed by atoms with Gasteiger partial charge < -0.3 is 9.80 Å². The molecule has 0 atom stereocenters. The standard InChI is InChI=1S/C15H14N8O4/c24-22(25)11-1-2-12(13(9-11)23(26)27)19-5-7-20(8-6-19)15-4-3-14-17-16-10-21(14)18-15/h1-4,9-10H,5-8H2. The van der Waals surface area contributed by atoms with Gasteiger partial charge in [-0.2, -0.15) is 4.52 Å². The maximum Gasteiger partial charge on any atom is 0.299 e. The average molecular weight is 370 g/mol. The normalized spacial score (nSPS) is 14.5. The predicted octanol–water partition coefficient (Wildman–Crippen LogP) is 1.27. The highest BCUT2D eigenvalue weighted by atomic mass is 16.6. The van der Waals surface area contributed by atoms with Gasteiger partial charge in [-0.05, 0) is 18.2 Å². The molecule has 0 amide bonds. The van der Waals surface area contributed by atoms with Gasteiger partial charge in [0.15, 0.2) is 5.65 Å². The predicted molar refractivity (Wildman–Crippen MR) is 95.0 cm³/mol. The molecule has 138 valence electrons. The molecule has 0 saturated carbocycles. The average Bonchev–Trinajstić information content (AvgIpc) is 3.15. The molecule has 1 aliphatic rings. The first-order valence-corrected chi connectivity index (χ1v) is 8.13. The molecular formula is C15H14N8O4. The molecule has 0 radical (unpaired) electrons. The Morgan fingerprint density at radius 2 is 1.67 bits per heavy atom. The number of anilines is 2. The van der Waals surface area contributed by atoms with Crippen molar-refractivity contribution in [2.24, 2.45) is 0 Å². The summed E-state index contributed by atoms with van der Waals surface area (Å²) >= 11 is 0. The van der Waals surface area contributed by atoms with Crippen LogP contribution in [-0.4, -0.2) is 55.8 Å². The van der Waals surface area contributed by atoms with Crippen LogP contribution in [0.5, 0.6) is 0 Å². The Kier molecular flexibility index (Phi) is 3.99. The Morgan fingerprint density at radius 1 is 0.926 bits per heavy atom. The molecule has 1 aliphatic heterocycles. The van der Waals surface area contributed by atoms with Gasteiger partial charge in [0.25, 0.3) is 11.4 Å². The van der Waals surface area contributed by atoms with Crippen LogP contribution in [0.2, 0.25) is 0 Å². The molecule has 3 heterocycles. The number of piperazine rings is 1. The first-order valence-electron chi connectivity index (χ1n) is 8.13. The minimum Gasteiger partial charge on any atom is -0.362 e. The molecule has 12 heteroatoms. The lowest BCUT2D eigenvalue weighted by molar-refractivity contribution is -0.393. The number of rotatable bonds is 4. The van der Waals surface area contributed by atoms with Gasteiger partial charge in [-0.1, -0.05) is 0 Å². The van der Waals surface area contributed by atoms with E-state index in [-0.39, 0.29) is 11.4 Å². The maximum atomic E-state index is 11.3. The molecule has 0 N–H and O–H groups in total. The second kappa shape index (κ2) is 6.48. The van der Waals surface area contributed by atoms with Crippen LogP contribution in [0.3, 0.4) is 0 Å². The quantitative estimate of drug-likeness (QED) is 0.491. The molecule has 1 saturated heterocycles. The first-order chi connectivity index (χ1) is 13.0. The Morgan fingerprint density at radius 3 is 2.37 bits per heavy atom. The van der Waals surface area contributed by atoms with Crippen LogP contribution in [0.4, 0.5) is 22.9 Å². The van der Waals surface area contributed by atoms with Crippen LogP contribution in [0.15, 0.2) is 36.7 Å². The molecule has 0 aliphatic carbocycles. The maximum absolute atomic E-state index is 11.3. The largest absolute Gasteiger partial charge is 0.362 e. The number of fused-ring (bicyclic) bond motifs is 1. The van der Waals surface area contributed by atoms with Gasteiger partial charge >= 0.3 is 0 Å². The van der Waals surface area contributed by atoms with Gasteiger partial charge in [0.2, 0.25) is 0 Å². The van der Waals surface area contributed by atoms with Crippen molar-refractivity contribution in [1.82, 2.24) is 19.8 Å². The highest BCUT2D eigenvalue weighted by Crippen LogP contribution is 2.32. The Hall–Kier alpha value is -3.83. The fraction of sp³-hybridized carbons (Fsp3) is 0.267. The summed E-state index contributed by atoms with van der Waals surface area (Å²) in [5.74, 6) is 0.764. The van der Waals surface area contributed by atoms with E-state index in [0.717, 1.165) is 11.9 Å². The summed E-state index contributed by atoms with van der Waals surface area (Å²) in [7, 11) is 0. The monoisotopic (exact) mass is 370 g/mol. The smallest absolute Gasteiger partial charge is 0.299 e. The minimum absolute atomic E-state index is 0.262. The molecule has 0 unspecified atom stereocenters. The van der Waals surface area contributed by atoms with Gasteiger partial charge in [0.1, 0.15) is 17.8 Å². The highest BCUT2D eigenvalue weighted by Gasteiger charge is 2.26. The summed E-state index contributed by atoms with van der Waals surface area (Å²) in [6.07, 6.45) is 1.52. The summed E-state index contributed by atoms with van der Waals surface area (Å²) in [6, 6.07) is 7.41. The van der Waals surface area contributed by atoms with Crippen molar-refractivity contribution >= 4 is 28.5 Å². The topological polar surface area (TPSA) is 136 Å². The zero-order chi connectivity index (χ0) is 19.0. The molecule has 1 fully saturated rings. The van der Waals surface area contributed by atoms with Crippen LogP contribution < -0.4 is 9.80 Å². The zero-order valence-electron chi connectivity index (χ0n) is 14.0. The van der Waals surface area contributed by atoms with Crippen LogP contribution in [0.1, 0.15) is 0 Å². The highest BCUT2D eigenvalue weighted by molar-refractivity contribution is 5.67. The van der Waals surface area contributed by atoms with Crippen molar-refractivity contribution in [3.05, 3.63) is 56.9 Å². The van der Waals surface area contributed by atoms with Gasteiger partial charge in [0.05, 0.1) is 15.9 Å². The number of nitro groups is 2. The molecule has 2 aromatic heterocycles. The number of nitro benzene ring substituents is 2. The van der Waals surface area contributed by atoms with Gasteiger partial charge in [0, 0.05) is 32.2 Å². The summed E-state index contributed by atoms with van der Waals surface area (Å²) in [5, 5.41) is 34.4. The number of nitrogens with zero attached hydrogens (tertiary/aromatic N) is 8. The van der Waals surface area contributed by atoms with Gasteiger partial charge in [-0.3, -0.25) is 20.2 Å². The number of benzene rings is 1. The van der Waals surface area contributed by atoms with Gasteiger partial charge in [-0.15, -0.1) is 15.3 Å². The molecule has 0 bridgehead atoms. The number of non-ortho nitro benzene ring substituents is 1. The molecule has 12 nitrogen and oxygen atoms in total. The van der Waals surface area contributed by atoms with E-state index in [9.17, 15) is 20.2 Å². The van der Waals surface area contributed by atoms with Crippen molar-refractivity contribution < 1.29 is 9.85 Å². The van der Waals surface area contributed by atoms with Crippen LogP contribution in [0.25, 0.3) is 5.65 Å². The second-order valence-electron chi connectivity index (χ2n) is 5.99. The molecule has 27 heavy (non-hydrogen) atoms. The number of hydrogen-bond acceptors (Lipinski definition) is 9.